The van der Waals surface area contributed by atoms with Crippen LogP contribution in [0.3, 0.4) is 0 Å². The maximum Gasteiger partial charge on any atom is 0.307 e. The molecule has 0 saturated heterocycles. The average molecular weight is 350 g/mol. The van der Waals surface area contributed by atoms with Gasteiger partial charge in [0, 0.05) is 18.1 Å². The highest BCUT2D eigenvalue weighted by Gasteiger charge is 2.22. The van der Waals surface area contributed by atoms with Crippen LogP contribution in [0.1, 0.15) is 25.8 Å². The SMILES string of the molecule is CC(C)CC(CNS(=O)(=O)Cc1cccc2cccnc12)C(=O)O. The van der Waals surface area contributed by atoms with Crippen molar-refractivity contribution in [1.82, 2.24) is 9.71 Å². The van der Waals surface area contributed by atoms with E-state index in [0.717, 1.165) is 5.39 Å². The number of nitrogens with zero attached hydrogens (tertiary/aromatic N) is 1. The number of benzene rings is 1. The second kappa shape index (κ2) is 7.72. The molecule has 0 radical (unpaired) electrons. The van der Waals surface area contributed by atoms with Crippen molar-refractivity contribution in [1.29, 1.82) is 0 Å². The molecule has 130 valence electrons. The van der Waals surface area contributed by atoms with Gasteiger partial charge in [-0.05, 0) is 24.0 Å². The molecule has 1 unspecified atom stereocenters. The molecule has 1 heterocycles. The lowest BCUT2D eigenvalue weighted by atomic mass is 9.98. The van der Waals surface area contributed by atoms with Gasteiger partial charge in [0.15, 0.2) is 0 Å². The van der Waals surface area contributed by atoms with Crippen molar-refractivity contribution < 1.29 is 18.3 Å². The largest absolute Gasteiger partial charge is 0.481 e. The lowest BCUT2D eigenvalue weighted by molar-refractivity contribution is -0.142. The van der Waals surface area contributed by atoms with Crippen LogP contribution >= 0.6 is 0 Å². The molecule has 0 spiro atoms. The van der Waals surface area contributed by atoms with Crippen LogP contribution < -0.4 is 4.72 Å². The fourth-order valence-corrected chi connectivity index (χ4v) is 3.81. The molecule has 1 atom stereocenters. The van der Waals surface area contributed by atoms with Crippen LogP contribution in [0.4, 0.5) is 0 Å². The Labute approximate surface area is 142 Å². The summed E-state index contributed by atoms with van der Waals surface area (Å²) in [5, 5.41) is 10.1. The first-order valence-corrected chi connectivity index (χ1v) is 9.46. The van der Waals surface area contributed by atoms with E-state index in [1.54, 1.807) is 24.4 Å². The van der Waals surface area contributed by atoms with Gasteiger partial charge in [-0.15, -0.1) is 0 Å². The third-order valence-electron chi connectivity index (χ3n) is 3.72. The van der Waals surface area contributed by atoms with Gasteiger partial charge in [0.25, 0.3) is 0 Å². The molecule has 6 nitrogen and oxygen atoms in total. The topological polar surface area (TPSA) is 96.4 Å². The van der Waals surface area contributed by atoms with E-state index in [1.165, 1.54) is 0 Å². The normalized spacial score (nSPS) is 13.3. The molecule has 1 aromatic carbocycles. The summed E-state index contributed by atoms with van der Waals surface area (Å²) in [6.07, 6.45) is 2.04. The van der Waals surface area contributed by atoms with Gasteiger partial charge >= 0.3 is 5.97 Å². The minimum absolute atomic E-state index is 0.103. The van der Waals surface area contributed by atoms with Gasteiger partial charge in [0.2, 0.25) is 10.0 Å². The predicted octanol–water partition coefficient (Wildman–Crippen LogP) is 2.40. The number of aromatic nitrogens is 1. The highest BCUT2D eigenvalue weighted by atomic mass is 32.2. The smallest absolute Gasteiger partial charge is 0.307 e. The number of carbonyl (C=O) groups is 1. The zero-order valence-corrected chi connectivity index (χ0v) is 14.6. The number of fused-ring (bicyclic) bond motifs is 1. The number of carboxylic acids is 1. The van der Waals surface area contributed by atoms with Crippen molar-refractivity contribution in [3.63, 3.8) is 0 Å². The van der Waals surface area contributed by atoms with Crippen molar-refractivity contribution >= 4 is 26.9 Å². The second-order valence-corrected chi connectivity index (χ2v) is 8.07. The molecular formula is C17H22N2O4S. The summed E-state index contributed by atoms with van der Waals surface area (Å²) in [5.41, 5.74) is 1.23. The molecule has 2 rings (SSSR count). The molecule has 2 N–H and O–H groups in total. The molecule has 24 heavy (non-hydrogen) atoms. The van der Waals surface area contributed by atoms with E-state index >= 15 is 0 Å². The Morgan fingerprint density at radius 3 is 2.62 bits per heavy atom. The number of hydrogen-bond donors (Lipinski definition) is 2. The molecule has 0 saturated carbocycles. The quantitative estimate of drug-likeness (QED) is 0.762. The van der Waals surface area contributed by atoms with Crippen LogP contribution in [0.15, 0.2) is 36.5 Å². The number of aliphatic carboxylic acids is 1. The highest BCUT2D eigenvalue weighted by molar-refractivity contribution is 7.88. The summed E-state index contributed by atoms with van der Waals surface area (Å²) < 4.78 is 27.1. The Morgan fingerprint density at radius 2 is 1.96 bits per heavy atom. The van der Waals surface area contributed by atoms with E-state index in [9.17, 15) is 18.3 Å². The van der Waals surface area contributed by atoms with Crippen molar-refractivity contribution in [2.45, 2.75) is 26.0 Å². The molecule has 2 aromatic rings. The molecule has 0 aliphatic heterocycles. The van der Waals surface area contributed by atoms with Gasteiger partial charge in [0.05, 0.1) is 17.2 Å². The van der Waals surface area contributed by atoms with Gasteiger partial charge in [-0.3, -0.25) is 9.78 Å². The molecular weight excluding hydrogens is 328 g/mol. The fourth-order valence-electron chi connectivity index (χ4n) is 2.61. The standard InChI is InChI=1S/C17H22N2O4S/c1-12(2)9-15(17(20)21)10-19-24(22,23)11-14-6-3-5-13-7-4-8-18-16(13)14/h3-8,12,15,19H,9-11H2,1-2H3,(H,20,21). The Kier molecular flexibility index (Phi) is 5.90. The van der Waals surface area contributed by atoms with Gasteiger partial charge in [-0.1, -0.05) is 38.1 Å². The summed E-state index contributed by atoms with van der Waals surface area (Å²) >= 11 is 0. The zero-order chi connectivity index (χ0) is 17.7. The number of carboxylic acid groups (broad SMARTS) is 1. The lowest BCUT2D eigenvalue weighted by Crippen LogP contribution is -2.34. The van der Waals surface area contributed by atoms with Crippen LogP contribution in [0.5, 0.6) is 0 Å². The average Bonchev–Trinajstić information content (AvgIpc) is 2.51. The summed E-state index contributed by atoms with van der Waals surface area (Å²) in [6.45, 7) is 3.71. The maximum absolute atomic E-state index is 12.3. The van der Waals surface area contributed by atoms with Crippen LogP contribution in [-0.4, -0.2) is 31.0 Å². The minimum Gasteiger partial charge on any atom is -0.481 e. The third-order valence-corrected chi connectivity index (χ3v) is 5.01. The van der Waals surface area contributed by atoms with Crippen molar-refractivity contribution in [3.8, 4) is 0 Å². The van der Waals surface area contributed by atoms with E-state index in [1.807, 2.05) is 26.0 Å². The van der Waals surface area contributed by atoms with Crippen molar-refractivity contribution in [2.24, 2.45) is 11.8 Å². The number of pyridine rings is 1. The third kappa shape index (κ3) is 5.01. The summed E-state index contributed by atoms with van der Waals surface area (Å²) in [7, 11) is -3.64. The summed E-state index contributed by atoms with van der Waals surface area (Å²) in [4.78, 5) is 15.5. The van der Waals surface area contributed by atoms with Crippen molar-refractivity contribution in [2.75, 3.05) is 6.54 Å². The summed E-state index contributed by atoms with van der Waals surface area (Å²) in [5.74, 6) is -1.77. The zero-order valence-electron chi connectivity index (χ0n) is 13.8. The first kappa shape index (κ1) is 18.4. The van der Waals surface area contributed by atoms with Crippen LogP contribution in [0.2, 0.25) is 0 Å². The predicted molar refractivity (Wildman–Crippen MR) is 93.0 cm³/mol. The number of nitrogens with one attached hydrogen (secondary N) is 1. The Morgan fingerprint density at radius 1 is 1.25 bits per heavy atom. The van der Waals surface area contributed by atoms with E-state index in [4.69, 9.17) is 0 Å². The molecule has 1 aromatic heterocycles. The van der Waals surface area contributed by atoms with E-state index in [-0.39, 0.29) is 18.2 Å². The highest BCUT2D eigenvalue weighted by Crippen LogP contribution is 2.18. The Hall–Kier alpha value is -1.99. The van der Waals surface area contributed by atoms with Crippen LogP contribution in [-0.2, 0) is 20.6 Å². The summed E-state index contributed by atoms with van der Waals surface area (Å²) in [6, 6.07) is 9.04. The number of hydrogen-bond acceptors (Lipinski definition) is 4. The molecule has 0 aliphatic rings. The van der Waals surface area contributed by atoms with Crippen LogP contribution in [0.25, 0.3) is 10.9 Å². The Balaban J connectivity index is 2.11. The van der Waals surface area contributed by atoms with Crippen LogP contribution in [0, 0.1) is 11.8 Å². The molecule has 7 heteroatoms. The van der Waals surface area contributed by atoms with Crippen molar-refractivity contribution in [3.05, 3.63) is 42.1 Å². The fraction of sp³-hybridized carbons (Fsp3) is 0.412. The van der Waals surface area contributed by atoms with E-state index < -0.39 is 21.9 Å². The van der Waals surface area contributed by atoms with Gasteiger partial charge < -0.3 is 5.11 Å². The monoisotopic (exact) mass is 350 g/mol. The molecule has 0 aliphatic carbocycles. The number of sulfonamides is 1. The number of para-hydroxylation sites is 1. The van der Waals surface area contributed by atoms with E-state index in [0.29, 0.717) is 17.5 Å². The van der Waals surface area contributed by atoms with Gasteiger partial charge in [-0.2, -0.15) is 0 Å². The first-order chi connectivity index (χ1) is 11.3. The molecule has 0 bridgehead atoms. The minimum atomic E-state index is -3.64. The van der Waals surface area contributed by atoms with Gasteiger partial charge in [0.1, 0.15) is 0 Å². The number of rotatable bonds is 8. The van der Waals surface area contributed by atoms with Gasteiger partial charge in [-0.25, -0.2) is 13.1 Å². The van der Waals surface area contributed by atoms with E-state index in [2.05, 4.69) is 9.71 Å². The maximum atomic E-state index is 12.3. The first-order valence-electron chi connectivity index (χ1n) is 7.81. The molecule has 0 fully saturated rings. The Bertz CT molecular complexity index is 813. The second-order valence-electron chi connectivity index (χ2n) is 6.26. The molecule has 0 amide bonds. The lowest BCUT2D eigenvalue weighted by Gasteiger charge is -2.15.